The van der Waals surface area contributed by atoms with Gasteiger partial charge in [0.15, 0.2) is 6.61 Å². The molecule has 5 nitrogen and oxygen atoms in total. The van der Waals surface area contributed by atoms with Crippen molar-refractivity contribution in [3.05, 3.63) is 58.7 Å². The third-order valence-electron chi connectivity index (χ3n) is 3.72. The van der Waals surface area contributed by atoms with Crippen molar-refractivity contribution in [2.75, 3.05) is 20.8 Å². The Kier molecular flexibility index (Phi) is 5.18. The van der Waals surface area contributed by atoms with Gasteiger partial charge in [-0.2, -0.15) is 0 Å². The highest BCUT2D eigenvalue weighted by molar-refractivity contribution is 7.20. The number of benzene rings is 2. The summed E-state index contributed by atoms with van der Waals surface area (Å²) in [6, 6.07) is 10.6. The molecular formula is C19H15FO5S. The van der Waals surface area contributed by atoms with Crippen LogP contribution in [0.4, 0.5) is 4.39 Å². The lowest BCUT2D eigenvalue weighted by Gasteiger charge is -2.09. The number of rotatable bonds is 6. The molecule has 0 aliphatic rings. The fraction of sp³-hybridized carbons (Fsp3) is 0.158. The van der Waals surface area contributed by atoms with Gasteiger partial charge in [-0.05, 0) is 47.9 Å². The first-order chi connectivity index (χ1) is 12.5. The van der Waals surface area contributed by atoms with Crippen LogP contribution in [-0.4, -0.2) is 32.6 Å². The Morgan fingerprint density at radius 1 is 1.04 bits per heavy atom. The van der Waals surface area contributed by atoms with Crippen molar-refractivity contribution in [3.8, 4) is 11.5 Å². The molecule has 26 heavy (non-hydrogen) atoms. The third kappa shape index (κ3) is 3.67. The molecule has 1 aromatic heterocycles. The topological polar surface area (TPSA) is 61.8 Å². The number of hydrogen-bond acceptors (Lipinski definition) is 6. The van der Waals surface area contributed by atoms with Crippen LogP contribution in [0.15, 0.2) is 42.5 Å². The van der Waals surface area contributed by atoms with Gasteiger partial charge >= 0.3 is 5.97 Å². The predicted molar refractivity (Wildman–Crippen MR) is 95.9 cm³/mol. The number of ether oxygens (including phenoxy) is 3. The van der Waals surface area contributed by atoms with E-state index >= 15 is 0 Å². The number of carbonyl (C=O) groups is 2. The van der Waals surface area contributed by atoms with Crippen LogP contribution in [-0.2, 0) is 4.74 Å². The van der Waals surface area contributed by atoms with E-state index in [0.717, 1.165) is 4.70 Å². The van der Waals surface area contributed by atoms with Crippen molar-refractivity contribution in [1.29, 1.82) is 0 Å². The van der Waals surface area contributed by atoms with E-state index in [1.807, 2.05) is 0 Å². The third-order valence-corrected chi connectivity index (χ3v) is 4.82. The highest BCUT2D eigenvalue weighted by Crippen LogP contribution is 2.27. The zero-order valence-corrected chi connectivity index (χ0v) is 14.9. The number of methoxy groups -OCH3 is 2. The van der Waals surface area contributed by atoms with E-state index in [1.54, 1.807) is 24.3 Å². The largest absolute Gasteiger partial charge is 0.497 e. The Morgan fingerprint density at radius 2 is 1.85 bits per heavy atom. The van der Waals surface area contributed by atoms with E-state index in [0.29, 0.717) is 21.8 Å². The molecule has 7 heteroatoms. The summed E-state index contributed by atoms with van der Waals surface area (Å²) in [5, 5.41) is 0.614. The normalized spacial score (nSPS) is 10.6. The number of carbonyl (C=O) groups excluding carboxylic acids is 2. The van der Waals surface area contributed by atoms with E-state index in [1.165, 1.54) is 43.8 Å². The minimum Gasteiger partial charge on any atom is -0.497 e. The smallest absolute Gasteiger partial charge is 0.348 e. The molecule has 3 rings (SSSR count). The van der Waals surface area contributed by atoms with Gasteiger partial charge in [-0.15, -0.1) is 11.3 Å². The van der Waals surface area contributed by atoms with Crippen molar-refractivity contribution in [1.82, 2.24) is 0 Å². The number of Topliss-reactive ketones (excluding diaryl/α,β-unsaturated/α-hetero) is 1. The predicted octanol–water partition coefficient (Wildman–Crippen LogP) is 4.10. The minimum atomic E-state index is -0.637. The molecule has 3 aromatic rings. The molecule has 0 aliphatic heterocycles. The Hall–Kier alpha value is -2.93. The molecule has 0 unspecified atom stereocenters. The molecule has 0 N–H and O–H groups in total. The summed E-state index contributed by atoms with van der Waals surface area (Å²) in [6.45, 7) is -0.440. The van der Waals surface area contributed by atoms with Crippen molar-refractivity contribution >= 4 is 33.2 Å². The van der Waals surface area contributed by atoms with Crippen LogP contribution >= 0.6 is 11.3 Å². The molecule has 134 valence electrons. The monoisotopic (exact) mass is 374 g/mol. The molecule has 0 radical (unpaired) electrons. The van der Waals surface area contributed by atoms with Crippen LogP contribution in [0, 0.1) is 5.82 Å². The zero-order valence-electron chi connectivity index (χ0n) is 14.1. The average Bonchev–Trinajstić information content (AvgIpc) is 3.08. The van der Waals surface area contributed by atoms with E-state index in [2.05, 4.69) is 0 Å². The fourth-order valence-corrected chi connectivity index (χ4v) is 3.36. The van der Waals surface area contributed by atoms with Gasteiger partial charge in [-0.3, -0.25) is 4.79 Å². The Balaban J connectivity index is 1.73. The second kappa shape index (κ2) is 7.53. The molecular weight excluding hydrogens is 359 g/mol. The SMILES string of the molecule is COc1ccc(OC)c(C(=O)COC(=O)c2cc3cc(F)ccc3s2)c1. The van der Waals surface area contributed by atoms with E-state index in [-0.39, 0.29) is 11.4 Å². The van der Waals surface area contributed by atoms with Gasteiger partial charge in [0, 0.05) is 4.70 Å². The van der Waals surface area contributed by atoms with Crippen LogP contribution in [0.25, 0.3) is 10.1 Å². The lowest BCUT2D eigenvalue weighted by molar-refractivity contribution is 0.0479. The molecule has 0 aliphatic carbocycles. The van der Waals surface area contributed by atoms with Gasteiger partial charge in [-0.1, -0.05) is 0 Å². The van der Waals surface area contributed by atoms with E-state index < -0.39 is 18.4 Å². The average molecular weight is 374 g/mol. The minimum absolute atomic E-state index is 0.262. The molecule has 0 fully saturated rings. The second-order valence-electron chi connectivity index (χ2n) is 5.36. The number of ketones is 1. The summed E-state index contributed by atoms with van der Waals surface area (Å²) in [5.41, 5.74) is 0.262. The van der Waals surface area contributed by atoms with Crippen LogP contribution in [0.2, 0.25) is 0 Å². The lowest BCUT2D eigenvalue weighted by atomic mass is 10.1. The molecule has 0 spiro atoms. The van der Waals surface area contributed by atoms with Crippen LogP contribution < -0.4 is 9.47 Å². The lowest BCUT2D eigenvalue weighted by Crippen LogP contribution is -2.14. The summed E-state index contributed by atoms with van der Waals surface area (Å²) < 4.78 is 29.4. The summed E-state index contributed by atoms with van der Waals surface area (Å²) in [5.74, 6) is -0.574. The fourth-order valence-electron chi connectivity index (χ4n) is 2.43. The number of thiophene rings is 1. The molecule has 0 saturated heterocycles. The molecule has 0 saturated carbocycles. The molecule has 1 heterocycles. The first-order valence-electron chi connectivity index (χ1n) is 7.63. The van der Waals surface area contributed by atoms with Gasteiger partial charge in [0.2, 0.25) is 5.78 Å². The highest BCUT2D eigenvalue weighted by atomic mass is 32.1. The summed E-state index contributed by atoms with van der Waals surface area (Å²) in [7, 11) is 2.93. The first-order valence-corrected chi connectivity index (χ1v) is 8.45. The van der Waals surface area contributed by atoms with Gasteiger partial charge in [0.25, 0.3) is 0 Å². The van der Waals surface area contributed by atoms with Crippen LogP contribution in [0.3, 0.4) is 0 Å². The maximum atomic E-state index is 13.2. The Bertz CT molecular complexity index is 979. The van der Waals surface area contributed by atoms with E-state index in [9.17, 15) is 14.0 Å². The number of hydrogen-bond donors (Lipinski definition) is 0. The standard InChI is InChI=1S/C19H15FO5S/c1-23-13-4-5-16(24-2)14(9-13)15(21)10-25-19(22)18-8-11-7-12(20)3-6-17(11)26-18/h3-9H,10H2,1-2H3. The van der Waals surface area contributed by atoms with Gasteiger partial charge in [-0.25, -0.2) is 9.18 Å². The summed E-state index contributed by atoms with van der Waals surface area (Å²) >= 11 is 1.18. The summed E-state index contributed by atoms with van der Waals surface area (Å²) in [6.07, 6.45) is 0. The molecule has 0 atom stereocenters. The summed E-state index contributed by atoms with van der Waals surface area (Å²) in [4.78, 5) is 24.9. The molecule has 0 amide bonds. The van der Waals surface area contributed by atoms with Crippen molar-refractivity contribution in [3.63, 3.8) is 0 Å². The molecule has 0 bridgehead atoms. The van der Waals surface area contributed by atoms with E-state index in [4.69, 9.17) is 14.2 Å². The molecule has 2 aromatic carbocycles. The van der Waals surface area contributed by atoms with Crippen molar-refractivity contribution < 1.29 is 28.2 Å². The van der Waals surface area contributed by atoms with Crippen LogP contribution in [0.1, 0.15) is 20.0 Å². The number of esters is 1. The van der Waals surface area contributed by atoms with Gasteiger partial charge < -0.3 is 14.2 Å². The number of halogens is 1. The van der Waals surface area contributed by atoms with Crippen molar-refractivity contribution in [2.45, 2.75) is 0 Å². The Morgan fingerprint density at radius 3 is 2.58 bits per heavy atom. The number of fused-ring (bicyclic) bond motifs is 1. The first kappa shape index (κ1) is 17.9. The highest BCUT2D eigenvalue weighted by Gasteiger charge is 2.18. The van der Waals surface area contributed by atoms with Crippen LogP contribution in [0.5, 0.6) is 11.5 Å². The second-order valence-corrected chi connectivity index (χ2v) is 6.44. The van der Waals surface area contributed by atoms with Gasteiger partial charge in [0.1, 0.15) is 22.2 Å². The zero-order chi connectivity index (χ0) is 18.7. The quantitative estimate of drug-likeness (QED) is 0.480. The maximum Gasteiger partial charge on any atom is 0.348 e. The Labute approximate surface area is 152 Å². The maximum absolute atomic E-state index is 13.2. The van der Waals surface area contributed by atoms with Crippen molar-refractivity contribution in [2.24, 2.45) is 0 Å². The van der Waals surface area contributed by atoms with Gasteiger partial charge in [0.05, 0.1) is 19.8 Å².